The highest BCUT2D eigenvalue weighted by molar-refractivity contribution is 5.88. The van der Waals surface area contributed by atoms with E-state index in [-0.39, 0.29) is 11.7 Å². The van der Waals surface area contributed by atoms with Crippen molar-refractivity contribution in [3.8, 4) is 11.5 Å². The van der Waals surface area contributed by atoms with Crippen LogP contribution in [0, 0.1) is 0 Å². The van der Waals surface area contributed by atoms with Crippen molar-refractivity contribution >= 4 is 12.0 Å². The summed E-state index contributed by atoms with van der Waals surface area (Å²) in [6, 6.07) is 5.17. The molecule has 0 radical (unpaired) electrons. The number of carbonyl (C=O) groups excluding carboxylic acids is 1. The van der Waals surface area contributed by atoms with Crippen LogP contribution in [0.3, 0.4) is 0 Å². The molecule has 0 spiro atoms. The molecular formula is C18H23NO3. The molecule has 2 rings (SSSR count). The van der Waals surface area contributed by atoms with Crippen LogP contribution in [0.5, 0.6) is 11.5 Å². The second-order valence-electron chi connectivity index (χ2n) is 5.54. The molecule has 1 aliphatic heterocycles. The highest BCUT2D eigenvalue weighted by Gasteiger charge is 2.13. The highest BCUT2D eigenvalue weighted by atomic mass is 16.5. The SMILES string of the molecule is COc1cc(/C=C(C)/C=C/C(=O)N2CCCCC2)ccc1O. The Kier molecular flexibility index (Phi) is 5.64. The van der Waals surface area contributed by atoms with Gasteiger partial charge in [0.15, 0.2) is 11.5 Å². The number of piperidine rings is 1. The van der Waals surface area contributed by atoms with Crippen molar-refractivity contribution in [1.82, 2.24) is 4.90 Å². The van der Waals surface area contributed by atoms with Crippen molar-refractivity contribution in [1.29, 1.82) is 0 Å². The number of phenols is 1. The van der Waals surface area contributed by atoms with Gasteiger partial charge >= 0.3 is 0 Å². The van der Waals surface area contributed by atoms with Crippen LogP contribution in [-0.4, -0.2) is 36.1 Å². The number of hydrogen-bond acceptors (Lipinski definition) is 3. The molecule has 0 bridgehead atoms. The van der Waals surface area contributed by atoms with E-state index < -0.39 is 0 Å². The summed E-state index contributed by atoms with van der Waals surface area (Å²) in [5, 5.41) is 9.58. The molecule has 22 heavy (non-hydrogen) atoms. The lowest BCUT2D eigenvalue weighted by Crippen LogP contribution is -2.34. The van der Waals surface area contributed by atoms with E-state index >= 15 is 0 Å². The number of methoxy groups -OCH3 is 1. The monoisotopic (exact) mass is 301 g/mol. The van der Waals surface area contributed by atoms with Crippen LogP contribution in [0.2, 0.25) is 0 Å². The molecule has 0 unspecified atom stereocenters. The summed E-state index contributed by atoms with van der Waals surface area (Å²) in [7, 11) is 1.52. The molecule has 118 valence electrons. The van der Waals surface area contributed by atoms with E-state index in [0.717, 1.165) is 37.1 Å². The number of benzene rings is 1. The first-order chi connectivity index (χ1) is 10.6. The Hall–Kier alpha value is -2.23. The van der Waals surface area contributed by atoms with Gasteiger partial charge in [-0.15, -0.1) is 0 Å². The average Bonchev–Trinajstić information content (AvgIpc) is 2.55. The van der Waals surface area contributed by atoms with E-state index in [0.29, 0.717) is 5.75 Å². The number of amides is 1. The molecule has 0 aromatic heterocycles. The number of likely N-dealkylation sites (tertiary alicyclic amines) is 1. The fourth-order valence-corrected chi connectivity index (χ4v) is 2.52. The third kappa shape index (κ3) is 4.38. The van der Waals surface area contributed by atoms with Crippen molar-refractivity contribution in [2.24, 2.45) is 0 Å². The molecular weight excluding hydrogens is 278 g/mol. The summed E-state index contributed by atoms with van der Waals surface area (Å²) < 4.78 is 5.09. The smallest absolute Gasteiger partial charge is 0.246 e. The summed E-state index contributed by atoms with van der Waals surface area (Å²) in [5.74, 6) is 0.638. The van der Waals surface area contributed by atoms with Gasteiger partial charge in [0.05, 0.1) is 7.11 Å². The van der Waals surface area contributed by atoms with E-state index in [9.17, 15) is 9.90 Å². The summed E-state index contributed by atoms with van der Waals surface area (Å²) in [6.07, 6.45) is 8.82. The maximum Gasteiger partial charge on any atom is 0.246 e. The lowest BCUT2D eigenvalue weighted by atomic mass is 10.1. The van der Waals surface area contributed by atoms with E-state index in [1.165, 1.54) is 13.5 Å². The van der Waals surface area contributed by atoms with Crippen molar-refractivity contribution in [3.63, 3.8) is 0 Å². The molecule has 1 aromatic rings. The van der Waals surface area contributed by atoms with Crippen LogP contribution < -0.4 is 4.74 Å². The van der Waals surface area contributed by atoms with Gasteiger partial charge in [0.2, 0.25) is 5.91 Å². The van der Waals surface area contributed by atoms with Gasteiger partial charge in [-0.3, -0.25) is 4.79 Å². The number of rotatable bonds is 4. The van der Waals surface area contributed by atoms with Crippen LogP contribution in [0.25, 0.3) is 6.08 Å². The van der Waals surface area contributed by atoms with Gasteiger partial charge in [-0.1, -0.05) is 23.8 Å². The fraction of sp³-hybridized carbons (Fsp3) is 0.389. The van der Waals surface area contributed by atoms with Gasteiger partial charge in [0.25, 0.3) is 0 Å². The van der Waals surface area contributed by atoms with E-state index in [1.54, 1.807) is 18.2 Å². The number of allylic oxidation sites excluding steroid dienone is 2. The number of phenolic OH excluding ortho intramolecular Hbond substituents is 1. The first-order valence-corrected chi connectivity index (χ1v) is 7.62. The van der Waals surface area contributed by atoms with Gasteiger partial charge in [0, 0.05) is 19.2 Å². The van der Waals surface area contributed by atoms with Crippen LogP contribution in [-0.2, 0) is 4.79 Å². The topological polar surface area (TPSA) is 49.8 Å². The Morgan fingerprint density at radius 1 is 1.23 bits per heavy atom. The zero-order valence-corrected chi connectivity index (χ0v) is 13.2. The summed E-state index contributed by atoms with van der Waals surface area (Å²) in [5.41, 5.74) is 1.89. The standard InChI is InChI=1S/C18H23NO3/c1-14(6-9-18(21)19-10-4-3-5-11-19)12-15-7-8-16(20)17(13-15)22-2/h6-9,12-13,20H,3-5,10-11H2,1-2H3/b9-6+,14-12+. The Bertz CT molecular complexity index is 584. The molecule has 1 aromatic carbocycles. The predicted molar refractivity (Wildman–Crippen MR) is 87.9 cm³/mol. The number of carbonyl (C=O) groups is 1. The summed E-state index contributed by atoms with van der Waals surface area (Å²) >= 11 is 0. The molecule has 1 heterocycles. The second-order valence-corrected chi connectivity index (χ2v) is 5.54. The van der Waals surface area contributed by atoms with Crippen molar-refractivity contribution in [3.05, 3.63) is 41.5 Å². The van der Waals surface area contributed by atoms with Crippen molar-refractivity contribution in [2.45, 2.75) is 26.2 Å². The third-order valence-electron chi connectivity index (χ3n) is 3.75. The zero-order chi connectivity index (χ0) is 15.9. The maximum atomic E-state index is 12.1. The molecule has 1 N–H and O–H groups in total. The van der Waals surface area contributed by atoms with Crippen LogP contribution >= 0.6 is 0 Å². The molecule has 0 aliphatic carbocycles. The number of nitrogens with zero attached hydrogens (tertiary/aromatic N) is 1. The zero-order valence-electron chi connectivity index (χ0n) is 13.2. The lowest BCUT2D eigenvalue weighted by molar-refractivity contribution is -0.126. The van der Waals surface area contributed by atoms with Gasteiger partial charge in [0.1, 0.15) is 0 Å². The minimum Gasteiger partial charge on any atom is -0.504 e. The Morgan fingerprint density at radius 3 is 2.64 bits per heavy atom. The van der Waals surface area contributed by atoms with Gasteiger partial charge < -0.3 is 14.7 Å². The Balaban J connectivity index is 2.02. The van der Waals surface area contributed by atoms with Crippen LogP contribution in [0.4, 0.5) is 0 Å². The Labute approximate surface area is 131 Å². The number of hydrogen-bond donors (Lipinski definition) is 1. The van der Waals surface area contributed by atoms with E-state index in [2.05, 4.69) is 0 Å². The molecule has 4 heteroatoms. The predicted octanol–water partition coefficient (Wildman–Crippen LogP) is 3.37. The molecule has 0 saturated carbocycles. The molecule has 0 atom stereocenters. The van der Waals surface area contributed by atoms with Crippen molar-refractivity contribution < 1.29 is 14.6 Å². The van der Waals surface area contributed by atoms with E-state index in [1.807, 2.05) is 30.0 Å². The minimum absolute atomic E-state index is 0.0794. The fourth-order valence-electron chi connectivity index (χ4n) is 2.52. The largest absolute Gasteiger partial charge is 0.504 e. The van der Waals surface area contributed by atoms with Gasteiger partial charge in [-0.2, -0.15) is 0 Å². The maximum absolute atomic E-state index is 12.1. The highest BCUT2D eigenvalue weighted by Crippen LogP contribution is 2.27. The van der Waals surface area contributed by atoms with Crippen LogP contribution in [0.15, 0.2) is 35.9 Å². The van der Waals surface area contributed by atoms with Gasteiger partial charge in [-0.05, 0) is 43.9 Å². The first-order valence-electron chi connectivity index (χ1n) is 7.62. The third-order valence-corrected chi connectivity index (χ3v) is 3.75. The second kappa shape index (κ2) is 7.69. The minimum atomic E-state index is 0.0794. The van der Waals surface area contributed by atoms with Crippen LogP contribution in [0.1, 0.15) is 31.7 Å². The Morgan fingerprint density at radius 2 is 1.95 bits per heavy atom. The number of ether oxygens (including phenoxy) is 1. The number of aromatic hydroxyl groups is 1. The quantitative estimate of drug-likeness (QED) is 0.685. The molecule has 1 aliphatic rings. The van der Waals surface area contributed by atoms with E-state index in [4.69, 9.17) is 4.74 Å². The molecule has 1 saturated heterocycles. The molecule has 1 amide bonds. The first kappa shape index (κ1) is 16.1. The van der Waals surface area contributed by atoms with Gasteiger partial charge in [-0.25, -0.2) is 0 Å². The lowest BCUT2D eigenvalue weighted by Gasteiger charge is -2.25. The normalized spacial score (nSPS) is 16.1. The van der Waals surface area contributed by atoms with Crippen molar-refractivity contribution in [2.75, 3.05) is 20.2 Å². The molecule has 1 fully saturated rings. The molecule has 4 nitrogen and oxygen atoms in total. The summed E-state index contributed by atoms with van der Waals surface area (Å²) in [6.45, 7) is 3.67. The summed E-state index contributed by atoms with van der Waals surface area (Å²) in [4.78, 5) is 14.0. The average molecular weight is 301 g/mol.